The molecule has 1 aliphatic carbocycles. The molecule has 0 amide bonds. The highest BCUT2D eigenvalue weighted by Crippen LogP contribution is 2.31. The molecule has 3 nitrogen and oxygen atoms in total. The summed E-state index contributed by atoms with van der Waals surface area (Å²) < 4.78 is 0. The maximum Gasteiger partial charge on any atom is 0.185 e. The minimum absolute atomic E-state index is 0.523. The topological polar surface area (TPSA) is 19.4 Å². The van der Waals surface area contributed by atoms with Gasteiger partial charge in [0.1, 0.15) is 0 Å². The van der Waals surface area contributed by atoms with Gasteiger partial charge in [0.25, 0.3) is 0 Å². The molecule has 0 N–H and O–H groups in total. The van der Waals surface area contributed by atoms with Gasteiger partial charge in [0, 0.05) is 36.8 Å². The third-order valence-electron chi connectivity index (χ3n) is 6.57. The predicted molar refractivity (Wildman–Crippen MR) is 145 cm³/mol. The van der Waals surface area contributed by atoms with E-state index < -0.39 is 0 Å². The summed E-state index contributed by atoms with van der Waals surface area (Å²) in [4.78, 5) is 9.94. The molecule has 0 saturated carbocycles. The van der Waals surface area contributed by atoms with E-state index in [0.717, 1.165) is 25.9 Å². The fourth-order valence-corrected chi connectivity index (χ4v) is 5.74. The van der Waals surface area contributed by atoms with Gasteiger partial charge < -0.3 is 4.90 Å². The predicted octanol–water partition coefficient (Wildman–Crippen LogP) is 7.08. The van der Waals surface area contributed by atoms with Gasteiger partial charge in [-0.25, -0.2) is 4.98 Å². The van der Waals surface area contributed by atoms with E-state index in [1.54, 1.807) is 11.3 Å². The Hall–Kier alpha value is -2.17. The Morgan fingerprint density at radius 1 is 1.18 bits per heavy atom. The fourth-order valence-electron chi connectivity index (χ4n) is 5.00. The van der Waals surface area contributed by atoms with Crippen molar-refractivity contribution < 1.29 is 0 Å². The van der Waals surface area contributed by atoms with Crippen molar-refractivity contribution in [2.75, 3.05) is 24.5 Å². The molecule has 1 atom stereocenters. The van der Waals surface area contributed by atoms with E-state index in [1.165, 1.54) is 60.5 Å². The quantitative estimate of drug-likeness (QED) is 0.371. The van der Waals surface area contributed by atoms with Crippen molar-refractivity contribution in [1.29, 1.82) is 0 Å². The first-order valence-corrected chi connectivity index (χ1v) is 13.5. The number of nitrogens with zero attached hydrogens (tertiary/aromatic N) is 3. The van der Waals surface area contributed by atoms with Crippen LogP contribution in [0, 0.1) is 0 Å². The van der Waals surface area contributed by atoms with Crippen molar-refractivity contribution in [3.63, 3.8) is 0 Å². The van der Waals surface area contributed by atoms with Crippen molar-refractivity contribution in [2.45, 2.75) is 70.9 Å². The Labute approximate surface area is 205 Å². The minimum Gasteiger partial charge on any atom is -0.344 e. The van der Waals surface area contributed by atoms with Crippen molar-refractivity contribution in [3.8, 4) is 0 Å². The Bertz CT molecular complexity index is 861. The van der Waals surface area contributed by atoms with Crippen molar-refractivity contribution in [2.24, 2.45) is 0 Å². The second-order valence-electron chi connectivity index (χ2n) is 9.14. The summed E-state index contributed by atoms with van der Waals surface area (Å²) in [5.41, 5.74) is 4.28. The van der Waals surface area contributed by atoms with Crippen molar-refractivity contribution in [3.05, 3.63) is 83.9 Å². The van der Waals surface area contributed by atoms with Crippen LogP contribution >= 0.6 is 11.3 Å². The highest BCUT2D eigenvalue weighted by Gasteiger charge is 2.30. The lowest BCUT2D eigenvalue weighted by molar-refractivity contribution is 0.155. The molecule has 1 aromatic heterocycles. The average Bonchev–Trinajstić information content (AvgIpc) is 3.51. The zero-order valence-corrected chi connectivity index (χ0v) is 21.4. The monoisotopic (exact) mass is 463 g/mol. The Morgan fingerprint density at radius 2 is 1.91 bits per heavy atom. The molecular formula is C29H41N3S. The summed E-state index contributed by atoms with van der Waals surface area (Å²) in [5.74, 6) is 0. The number of likely N-dealkylation sites (tertiary alicyclic amines) is 1. The first-order chi connectivity index (χ1) is 16.2. The molecule has 2 aromatic rings. The smallest absolute Gasteiger partial charge is 0.185 e. The SMILES string of the molecule is C=C/C=C(\C=C)CN1CCCCC1CCN(c1nccs1)C1Cc2ccccc2C1.CCC. The highest BCUT2D eigenvalue weighted by atomic mass is 32.1. The molecule has 2 heterocycles. The van der Waals surface area contributed by atoms with Gasteiger partial charge in [-0.15, -0.1) is 11.3 Å². The molecule has 0 bridgehead atoms. The molecule has 4 rings (SSSR count). The number of aromatic nitrogens is 1. The van der Waals surface area contributed by atoms with Gasteiger partial charge in [0.05, 0.1) is 0 Å². The van der Waals surface area contributed by atoms with Crippen LogP contribution in [-0.2, 0) is 12.8 Å². The van der Waals surface area contributed by atoms with Crippen LogP contribution in [-0.4, -0.2) is 41.6 Å². The number of thiazole rings is 1. The van der Waals surface area contributed by atoms with Crippen LogP contribution in [0.25, 0.3) is 0 Å². The van der Waals surface area contributed by atoms with Crippen LogP contribution in [0.4, 0.5) is 5.13 Å². The number of hydrogen-bond acceptors (Lipinski definition) is 4. The molecule has 1 aliphatic heterocycles. The van der Waals surface area contributed by atoms with E-state index in [9.17, 15) is 0 Å². The average molecular weight is 464 g/mol. The van der Waals surface area contributed by atoms with Crippen molar-refractivity contribution >= 4 is 16.5 Å². The van der Waals surface area contributed by atoms with Gasteiger partial charge in [-0.1, -0.05) is 82.3 Å². The summed E-state index contributed by atoms with van der Waals surface area (Å²) in [6.45, 7) is 15.3. The Kier molecular flexibility index (Phi) is 10.4. The molecule has 1 aromatic carbocycles. The summed E-state index contributed by atoms with van der Waals surface area (Å²) in [7, 11) is 0. The van der Waals surface area contributed by atoms with Gasteiger partial charge in [-0.3, -0.25) is 4.90 Å². The van der Waals surface area contributed by atoms with E-state index in [4.69, 9.17) is 4.98 Å². The van der Waals surface area contributed by atoms with Crippen LogP contribution in [0.3, 0.4) is 0 Å². The van der Waals surface area contributed by atoms with E-state index in [0.29, 0.717) is 12.1 Å². The summed E-state index contributed by atoms with van der Waals surface area (Å²) in [6, 6.07) is 10.1. The molecule has 0 radical (unpaired) electrons. The Balaban J connectivity index is 0.000000968. The number of piperidine rings is 1. The first kappa shape index (κ1) is 25.5. The third kappa shape index (κ3) is 7.15. The molecule has 33 heavy (non-hydrogen) atoms. The fraction of sp³-hybridized carbons (Fsp3) is 0.483. The van der Waals surface area contributed by atoms with Gasteiger partial charge in [0.2, 0.25) is 0 Å². The largest absolute Gasteiger partial charge is 0.344 e. The normalized spacial score (nSPS) is 18.8. The van der Waals surface area contributed by atoms with E-state index in [2.05, 4.69) is 72.5 Å². The first-order valence-electron chi connectivity index (χ1n) is 12.6. The van der Waals surface area contributed by atoms with Gasteiger partial charge in [-0.2, -0.15) is 0 Å². The van der Waals surface area contributed by atoms with Crippen LogP contribution in [0.15, 0.2) is 72.8 Å². The number of rotatable bonds is 9. The zero-order valence-electron chi connectivity index (χ0n) is 20.6. The molecular weight excluding hydrogens is 422 g/mol. The molecule has 1 unspecified atom stereocenters. The second kappa shape index (κ2) is 13.5. The lowest BCUT2D eigenvalue weighted by Crippen LogP contribution is -2.44. The summed E-state index contributed by atoms with van der Waals surface area (Å²) in [6.07, 6.45) is 16.5. The molecule has 1 saturated heterocycles. The maximum atomic E-state index is 4.69. The van der Waals surface area contributed by atoms with E-state index in [1.807, 2.05) is 18.3 Å². The minimum atomic E-state index is 0.523. The van der Waals surface area contributed by atoms with E-state index in [-0.39, 0.29) is 0 Å². The lowest BCUT2D eigenvalue weighted by atomic mass is 9.97. The molecule has 0 spiro atoms. The number of fused-ring (bicyclic) bond motifs is 1. The van der Waals surface area contributed by atoms with Crippen LogP contribution in [0.1, 0.15) is 57.1 Å². The Morgan fingerprint density at radius 3 is 2.52 bits per heavy atom. The van der Waals surface area contributed by atoms with Gasteiger partial charge in [-0.05, 0) is 55.3 Å². The second-order valence-corrected chi connectivity index (χ2v) is 10.0. The summed E-state index contributed by atoms with van der Waals surface area (Å²) in [5, 5.41) is 3.28. The van der Waals surface area contributed by atoms with Gasteiger partial charge in [0.15, 0.2) is 5.13 Å². The molecule has 1 fully saturated rings. The highest BCUT2D eigenvalue weighted by molar-refractivity contribution is 7.13. The molecule has 4 heteroatoms. The molecule has 2 aliphatic rings. The zero-order chi connectivity index (χ0) is 23.5. The van der Waals surface area contributed by atoms with Crippen LogP contribution < -0.4 is 4.90 Å². The number of allylic oxidation sites excluding steroid dienone is 2. The van der Waals surface area contributed by atoms with Crippen LogP contribution in [0.5, 0.6) is 0 Å². The molecule has 178 valence electrons. The standard InChI is InChI=1S/C26H33N3S.C3H8/c1-3-9-21(4-2)20-28-15-8-7-12-24(28)13-16-29(26-27-14-17-30-26)25-18-22-10-5-6-11-23(22)19-25;1-3-2/h3-6,9-11,14,17,24-25H,1-2,7-8,12-13,15-16,18-20H2;3H2,1-2H3/b21-9+;. The van der Waals surface area contributed by atoms with Crippen LogP contribution in [0.2, 0.25) is 0 Å². The van der Waals surface area contributed by atoms with Gasteiger partial charge >= 0.3 is 0 Å². The summed E-state index contributed by atoms with van der Waals surface area (Å²) >= 11 is 1.77. The number of anilines is 1. The van der Waals surface area contributed by atoms with Crippen molar-refractivity contribution in [1.82, 2.24) is 9.88 Å². The van der Waals surface area contributed by atoms with E-state index >= 15 is 0 Å². The third-order valence-corrected chi connectivity index (χ3v) is 7.38. The maximum absolute atomic E-state index is 4.69. The lowest BCUT2D eigenvalue weighted by Gasteiger charge is -2.38. The number of hydrogen-bond donors (Lipinski definition) is 0. The number of benzene rings is 1.